The molecule has 1 atom stereocenters. The lowest BCUT2D eigenvalue weighted by Crippen LogP contribution is -2.32. The Hall–Kier alpha value is -3.61. The molecule has 0 spiro atoms. The molecule has 0 fully saturated rings. The molecule has 0 heterocycles. The van der Waals surface area contributed by atoms with Gasteiger partial charge >= 0.3 is 12.1 Å². The quantitative estimate of drug-likeness (QED) is 0.637. The zero-order valence-corrected chi connectivity index (χ0v) is 17.6. The van der Waals surface area contributed by atoms with E-state index >= 15 is 0 Å². The van der Waals surface area contributed by atoms with E-state index in [1.807, 2.05) is 24.3 Å². The number of carbonyl (C=O) groups is 3. The van der Waals surface area contributed by atoms with Crippen LogP contribution in [0.1, 0.15) is 24.0 Å². The first-order valence-electron chi connectivity index (χ1n) is 10.1. The lowest BCUT2D eigenvalue weighted by molar-refractivity contribution is -0.142. The Morgan fingerprint density at radius 1 is 1.10 bits per heavy atom. The van der Waals surface area contributed by atoms with E-state index in [9.17, 15) is 14.4 Å². The molecule has 0 bridgehead atoms. The highest BCUT2D eigenvalue weighted by Gasteiger charge is 2.28. The third kappa shape index (κ3) is 5.31. The summed E-state index contributed by atoms with van der Waals surface area (Å²) in [5, 5.41) is 11.5. The van der Waals surface area contributed by atoms with Crippen molar-refractivity contribution >= 4 is 18.0 Å². The van der Waals surface area contributed by atoms with Gasteiger partial charge in [-0.3, -0.25) is 9.59 Å². The topological polar surface area (TPSA) is 95.9 Å². The van der Waals surface area contributed by atoms with E-state index in [1.54, 1.807) is 0 Å². The molecule has 2 aromatic rings. The number of fused-ring (bicyclic) bond motifs is 3. The second-order valence-corrected chi connectivity index (χ2v) is 7.57. The van der Waals surface area contributed by atoms with Crippen LogP contribution in [0.15, 0.2) is 60.7 Å². The molecule has 0 aromatic heterocycles. The Labute approximate surface area is 181 Å². The highest BCUT2D eigenvalue weighted by atomic mass is 16.5. The molecule has 0 saturated carbocycles. The van der Waals surface area contributed by atoms with Gasteiger partial charge in [-0.05, 0) is 22.3 Å². The zero-order valence-electron chi connectivity index (χ0n) is 17.6. The number of benzene rings is 2. The van der Waals surface area contributed by atoms with Gasteiger partial charge in [0.25, 0.3) is 0 Å². The molecule has 0 radical (unpaired) electrons. The van der Waals surface area contributed by atoms with Crippen molar-refractivity contribution in [3.8, 4) is 11.1 Å². The number of nitrogens with zero attached hydrogens (tertiary/aromatic N) is 1. The van der Waals surface area contributed by atoms with Crippen molar-refractivity contribution < 1.29 is 24.2 Å². The molecular weight excluding hydrogens is 396 g/mol. The number of nitrogens with one attached hydrogen (secondary N) is 1. The van der Waals surface area contributed by atoms with E-state index in [0.717, 1.165) is 22.3 Å². The van der Waals surface area contributed by atoms with Crippen LogP contribution in [0.2, 0.25) is 0 Å². The van der Waals surface area contributed by atoms with Gasteiger partial charge < -0.3 is 20.1 Å². The van der Waals surface area contributed by atoms with Crippen molar-refractivity contribution in [2.24, 2.45) is 5.92 Å². The van der Waals surface area contributed by atoms with Gasteiger partial charge in [0.1, 0.15) is 6.61 Å². The fourth-order valence-electron chi connectivity index (χ4n) is 3.66. The molecule has 162 valence electrons. The third-order valence-electron chi connectivity index (χ3n) is 5.31. The maximum atomic E-state index is 12.1. The maximum Gasteiger partial charge on any atom is 0.407 e. The molecule has 2 amide bonds. The summed E-state index contributed by atoms with van der Waals surface area (Å²) in [6.45, 7) is 2.00. The van der Waals surface area contributed by atoms with Crippen LogP contribution in [0.3, 0.4) is 0 Å². The van der Waals surface area contributed by atoms with Gasteiger partial charge in [-0.1, -0.05) is 61.5 Å². The Balaban J connectivity index is 1.47. The molecule has 0 aliphatic heterocycles. The number of likely N-dealkylation sites (N-methyl/N-ethyl adjacent to an activating group) is 1. The first-order chi connectivity index (χ1) is 14.9. The van der Waals surface area contributed by atoms with E-state index in [-0.39, 0.29) is 31.5 Å². The molecule has 0 saturated heterocycles. The van der Waals surface area contributed by atoms with E-state index in [0.29, 0.717) is 0 Å². The van der Waals surface area contributed by atoms with Gasteiger partial charge in [0, 0.05) is 32.1 Å². The predicted octanol–water partition coefficient (Wildman–Crippen LogP) is 3.26. The summed E-state index contributed by atoms with van der Waals surface area (Å²) in [5.74, 6) is -1.95. The second-order valence-electron chi connectivity index (χ2n) is 7.57. The minimum absolute atomic E-state index is 0.0138. The second kappa shape index (κ2) is 9.93. The molecule has 1 aliphatic rings. The van der Waals surface area contributed by atoms with Crippen LogP contribution in [0.5, 0.6) is 0 Å². The molecule has 2 aromatic carbocycles. The first kappa shape index (κ1) is 22.1. The van der Waals surface area contributed by atoms with E-state index < -0.39 is 18.0 Å². The monoisotopic (exact) mass is 422 g/mol. The molecular formula is C24H26N2O5. The third-order valence-corrected chi connectivity index (χ3v) is 5.31. The number of carboxylic acid groups (broad SMARTS) is 1. The van der Waals surface area contributed by atoms with Crippen LogP contribution in [0, 0.1) is 5.92 Å². The van der Waals surface area contributed by atoms with Gasteiger partial charge in [0.05, 0.1) is 5.92 Å². The van der Waals surface area contributed by atoms with Crippen LogP contribution in [-0.4, -0.2) is 54.7 Å². The number of alkyl carbamates (subject to hydrolysis) is 1. The molecule has 2 N–H and O–H groups in total. The van der Waals surface area contributed by atoms with Crippen LogP contribution in [-0.2, 0) is 14.3 Å². The van der Waals surface area contributed by atoms with Gasteiger partial charge in [-0.25, -0.2) is 4.79 Å². The highest BCUT2D eigenvalue weighted by molar-refractivity contribution is 5.87. The van der Waals surface area contributed by atoms with Gasteiger partial charge in [-0.2, -0.15) is 0 Å². The minimum atomic E-state index is -0.958. The maximum absolute atomic E-state index is 12.1. The summed E-state index contributed by atoms with van der Waals surface area (Å²) >= 11 is 0. The van der Waals surface area contributed by atoms with Crippen molar-refractivity contribution in [2.75, 3.05) is 26.7 Å². The Kier molecular flexibility index (Phi) is 7.07. The molecule has 31 heavy (non-hydrogen) atoms. The zero-order chi connectivity index (χ0) is 22.4. The van der Waals surface area contributed by atoms with Crippen molar-refractivity contribution in [3.63, 3.8) is 0 Å². The Morgan fingerprint density at radius 2 is 1.68 bits per heavy atom. The molecule has 7 nitrogen and oxygen atoms in total. The van der Waals surface area contributed by atoms with Crippen LogP contribution in [0.4, 0.5) is 4.79 Å². The average molecular weight is 422 g/mol. The smallest absolute Gasteiger partial charge is 0.407 e. The molecule has 1 unspecified atom stereocenters. The Bertz CT molecular complexity index is 955. The summed E-state index contributed by atoms with van der Waals surface area (Å²) in [7, 11) is 1.53. The number of ether oxygens (including phenoxy) is 1. The Morgan fingerprint density at radius 3 is 2.26 bits per heavy atom. The fraction of sp³-hybridized carbons (Fsp3) is 0.292. The highest BCUT2D eigenvalue weighted by Crippen LogP contribution is 2.44. The summed E-state index contributed by atoms with van der Waals surface area (Å²) in [6.07, 6.45) is 2.25. The van der Waals surface area contributed by atoms with Crippen LogP contribution >= 0.6 is 0 Å². The van der Waals surface area contributed by atoms with Crippen LogP contribution < -0.4 is 5.32 Å². The summed E-state index contributed by atoms with van der Waals surface area (Å²) in [4.78, 5) is 36.3. The van der Waals surface area contributed by atoms with Gasteiger partial charge in [0.15, 0.2) is 0 Å². The number of hydrogen-bond donors (Lipinski definition) is 2. The number of carbonyl (C=O) groups excluding carboxylic acids is 2. The largest absolute Gasteiger partial charge is 0.481 e. The lowest BCUT2D eigenvalue weighted by Gasteiger charge is -2.17. The molecule has 3 rings (SSSR count). The fourth-order valence-corrected chi connectivity index (χ4v) is 3.66. The van der Waals surface area contributed by atoms with Crippen molar-refractivity contribution in [1.29, 1.82) is 0 Å². The summed E-state index contributed by atoms with van der Waals surface area (Å²) in [6, 6.07) is 16.2. The number of aliphatic carboxylic acids is 1. The SMILES string of the molecule is CC(CN(C)C(=O)/C=C/CNC(=O)OCC1c2ccccc2-c2ccccc21)C(=O)O. The average Bonchev–Trinajstić information content (AvgIpc) is 3.08. The standard InChI is InChI=1S/C24H26N2O5/c1-16(23(28)29)14-26(2)22(27)12-7-13-25-24(30)31-15-21-19-10-5-3-8-17(19)18-9-4-6-11-20(18)21/h3-12,16,21H,13-15H2,1-2H3,(H,25,30)(H,28,29)/b12-7+. The minimum Gasteiger partial charge on any atom is -0.481 e. The van der Waals surface area contributed by atoms with E-state index in [1.165, 1.54) is 31.0 Å². The number of amides is 2. The predicted molar refractivity (Wildman–Crippen MR) is 117 cm³/mol. The number of hydrogen-bond acceptors (Lipinski definition) is 4. The number of carboxylic acids is 1. The molecule has 7 heteroatoms. The first-order valence-corrected chi connectivity index (χ1v) is 10.1. The van der Waals surface area contributed by atoms with E-state index in [2.05, 4.69) is 29.6 Å². The summed E-state index contributed by atoms with van der Waals surface area (Å²) in [5.41, 5.74) is 4.60. The van der Waals surface area contributed by atoms with Crippen molar-refractivity contribution in [2.45, 2.75) is 12.8 Å². The van der Waals surface area contributed by atoms with E-state index in [4.69, 9.17) is 9.84 Å². The number of rotatable bonds is 8. The lowest BCUT2D eigenvalue weighted by atomic mass is 9.98. The van der Waals surface area contributed by atoms with Gasteiger partial charge in [0.2, 0.25) is 5.91 Å². The molecule has 1 aliphatic carbocycles. The van der Waals surface area contributed by atoms with Crippen molar-refractivity contribution in [3.05, 3.63) is 71.8 Å². The van der Waals surface area contributed by atoms with Crippen LogP contribution in [0.25, 0.3) is 11.1 Å². The summed E-state index contributed by atoms with van der Waals surface area (Å²) < 4.78 is 5.43. The normalized spacial score (nSPS) is 13.4. The van der Waals surface area contributed by atoms with Crippen molar-refractivity contribution in [1.82, 2.24) is 10.2 Å². The van der Waals surface area contributed by atoms with Gasteiger partial charge in [-0.15, -0.1) is 0 Å².